The van der Waals surface area contributed by atoms with Crippen LogP contribution in [-0.2, 0) is 16.6 Å². The van der Waals surface area contributed by atoms with E-state index in [2.05, 4.69) is 15.8 Å². The Labute approximate surface area is 136 Å². The zero-order chi connectivity index (χ0) is 17.3. The number of hydrogen-bond acceptors (Lipinski definition) is 5. The van der Waals surface area contributed by atoms with E-state index in [9.17, 15) is 19.2 Å². The van der Waals surface area contributed by atoms with E-state index in [1.807, 2.05) is 5.43 Å². The fraction of sp³-hybridized carbons (Fsp3) is 0.267. The Balaban J connectivity index is 1.76. The highest BCUT2D eigenvalue weighted by atomic mass is 16.2. The lowest BCUT2D eigenvalue weighted by molar-refractivity contribution is -0.139. The average Bonchev–Trinajstić information content (AvgIpc) is 3.39. The molecule has 9 nitrogen and oxygen atoms in total. The van der Waals surface area contributed by atoms with Gasteiger partial charge in [-0.1, -0.05) is 18.2 Å². The summed E-state index contributed by atoms with van der Waals surface area (Å²) >= 11 is 0. The van der Waals surface area contributed by atoms with Crippen molar-refractivity contribution < 1.29 is 14.4 Å². The lowest BCUT2D eigenvalue weighted by atomic mass is 10.1. The number of aromatic nitrogens is 2. The lowest BCUT2D eigenvalue weighted by Crippen LogP contribution is -2.49. The van der Waals surface area contributed by atoms with Gasteiger partial charge in [0.2, 0.25) is 0 Å². The summed E-state index contributed by atoms with van der Waals surface area (Å²) in [5.41, 5.74) is 3.80. The highest BCUT2D eigenvalue weighted by Crippen LogP contribution is 2.18. The topological polar surface area (TPSA) is 122 Å². The van der Waals surface area contributed by atoms with Crippen molar-refractivity contribution in [2.24, 2.45) is 7.05 Å². The molecule has 2 aromatic rings. The molecule has 1 aromatic carbocycles. The highest BCUT2D eigenvalue weighted by Gasteiger charge is 2.26. The molecule has 0 aliphatic heterocycles. The van der Waals surface area contributed by atoms with Gasteiger partial charge >= 0.3 is 11.8 Å². The van der Waals surface area contributed by atoms with Crippen LogP contribution in [0.5, 0.6) is 0 Å². The van der Waals surface area contributed by atoms with Gasteiger partial charge in [-0.15, -0.1) is 0 Å². The van der Waals surface area contributed by atoms with Gasteiger partial charge in [-0.3, -0.25) is 30.0 Å². The van der Waals surface area contributed by atoms with Crippen molar-refractivity contribution in [2.75, 3.05) is 0 Å². The minimum absolute atomic E-state index is 0.0319. The van der Waals surface area contributed by atoms with Crippen LogP contribution in [0.1, 0.15) is 23.3 Å². The molecule has 0 bridgehead atoms. The van der Waals surface area contributed by atoms with Crippen LogP contribution in [0.25, 0.3) is 10.8 Å². The number of hydrogen-bond donors (Lipinski definition) is 3. The molecule has 1 heterocycles. The highest BCUT2D eigenvalue weighted by molar-refractivity contribution is 6.35. The molecule has 0 radical (unpaired) electrons. The predicted molar refractivity (Wildman–Crippen MR) is 83.8 cm³/mol. The first kappa shape index (κ1) is 15.7. The predicted octanol–water partition coefficient (Wildman–Crippen LogP) is -1.03. The van der Waals surface area contributed by atoms with E-state index < -0.39 is 17.7 Å². The molecular formula is C15H15N5O4. The van der Waals surface area contributed by atoms with Crippen LogP contribution in [-0.4, -0.2) is 33.5 Å². The van der Waals surface area contributed by atoms with Crippen LogP contribution in [0.15, 0.2) is 29.1 Å². The third-order valence-corrected chi connectivity index (χ3v) is 3.58. The second-order valence-corrected chi connectivity index (χ2v) is 5.48. The molecule has 1 aromatic heterocycles. The zero-order valence-corrected chi connectivity index (χ0v) is 12.8. The van der Waals surface area contributed by atoms with Crippen molar-refractivity contribution in [2.45, 2.75) is 18.9 Å². The smallest absolute Gasteiger partial charge is 0.327 e. The number of amides is 3. The van der Waals surface area contributed by atoms with Gasteiger partial charge in [0.25, 0.3) is 11.5 Å². The monoisotopic (exact) mass is 329 g/mol. The summed E-state index contributed by atoms with van der Waals surface area (Å²) in [6.45, 7) is 0. The summed E-state index contributed by atoms with van der Waals surface area (Å²) in [7, 11) is 1.42. The van der Waals surface area contributed by atoms with Crippen LogP contribution in [0.3, 0.4) is 0 Å². The molecule has 3 rings (SSSR count). The summed E-state index contributed by atoms with van der Waals surface area (Å²) in [5, 5.41) is 7.11. The van der Waals surface area contributed by atoms with E-state index in [0.29, 0.717) is 10.8 Å². The maximum atomic E-state index is 12.2. The molecule has 1 aliphatic rings. The first-order valence-corrected chi connectivity index (χ1v) is 7.34. The van der Waals surface area contributed by atoms with Gasteiger partial charge in [0.1, 0.15) is 0 Å². The summed E-state index contributed by atoms with van der Waals surface area (Å²) in [5.74, 6) is -2.50. The fourth-order valence-corrected chi connectivity index (χ4v) is 2.18. The minimum Gasteiger partial charge on any atom is -0.345 e. The van der Waals surface area contributed by atoms with Crippen LogP contribution >= 0.6 is 0 Å². The number of carbonyl (C=O) groups excluding carboxylic acids is 3. The molecule has 9 heteroatoms. The van der Waals surface area contributed by atoms with Crippen molar-refractivity contribution in [3.8, 4) is 0 Å². The number of hydrazine groups is 1. The Hall–Kier alpha value is -3.23. The first-order chi connectivity index (χ1) is 11.5. The van der Waals surface area contributed by atoms with Crippen molar-refractivity contribution >= 4 is 28.5 Å². The molecule has 24 heavy (non-hydrogen) atoms. The Kier molecular flexibility index (Phi) is 3.98. The summed E-state index contributed by atoms with van der Waals surface area (Å²) in [6.07, 6.45) is 1.69. The Bertz CT molecular complexity index is 900. The Morgan fingerprint density at radius 3 is 2.42 bits per heavy atom. The lowest BCUT2D eigenvalue weighted by Gasteiger charge is -2.09. The number of benzene rings is 1. The SMILES string of the molecule is Cn1nc(C(=O)NNC(=O)C(=O)NC2CC2)c2ccccc2c1=O. The maximum absolute atomic E-state index is 12.2. The van der Waals surface area contributed by atoms with Crippen LogP contribution in [0, 0.1) is 0 Å². The number of carbonyl (C=O) groups is 3. The van der Waals surface area contributed by atoms with Crippen LogP contribution in [0.4, 0.5) is 0 Å². The van der Waals surface area contributed by atoms with E-state index in [-0.39, 0.29) is 17.3 Å². The number of nitrogens with zero attached hydrogens (tertiary/aromatic N) is 2. The molecule has 0 saturated heterocycles. The van der Waals surface area contributed by atoms with Gasteiger partial charge in [-0.05, 0) is 18.9 Å². The standard InChI is InChI=1S/C15H15N5O4/c1-20-15(24)10-5-3-2-4-9(10)11(19-20)12(21)17-18-14(23)13(22)16-8-6-7-8/h2-5,8H,6-7H2,1H3,(H,16,22)(H,17,21)(H,18,23). The van der Waals surface area contributed by atoms with Crippen molar-refractivity contribution in [3.63, 3.8) is 0 Å². The zero-order valence-electron chi connectivity index (χ0n) is 12.8. The molecule has 1 saturated carbocycles. The Morgan fingerprint density at radius 2 is 1.75 bits per heavy atom. The number of aryl methyl sites for hydroxylation is 1. The first-order valence-electron chi connectivity index (χ1n) is 7.34. The van der Waals surface area contributed by atoms with Crippen molar-refractivity contribution in [1.29, 1.82) is 0 Å². The minimum atomic E-state index is -0.968. The molecular weight excluding hydrogens is 314 g/mol. The van der Waals surface area contributed by atoms with E-state index >= 15 is 0 Å². The van der Waals surface area contributed by atoms with Crippen LogP contribution in [0.2, 0.25) is 0 Å². The summed E-state index contributed by atoms with van der Waals surface area (Å²) in [4.78, 5) is 47.4. The number of rotatable bonds is 2. The van der Waals surface area contributed by atoms with Crippen molar-refractivity contribution in [3.05, 3.63) is 40.3 Å². The fourth-order valence-electron chi connectivity index (χ4n) is 2.18. The third-order valence-electron chi connectivity index (χ3n) is 3.58. The second kappa shape index (κ2) is 6.11. The quantitative estimate of drug-likeness (QED) is 0.480. The van der Waals surface area contributed by atoms with Crippen molar-refractivity contribution in [1.82, 2.24) is 25.9 Å². The number of nitrogens with one attached hydrogen (secondary N) is 3. The maximum Gasteiger partial charge on any atom is 0.327 e. The van der Waals surface area contributed by atoms with E-state index in [1.165, 1.54) is 7.05 Å². The van der Waals surface area contributed by atoms with Gasteiger partial charge in [-0.2, -0.15) is 5.10 Å². The summed E-state index contributed by atoms with van der Waals surface area (Å²) < 4.78 is 1.04. The van der Waals surface area contributed by atoms with E-state index in [1.54, 1.807) is 24.3 Å². The normalized spacial score (nSPS) is 13.4. The van der Waals surface area contributed by atoms with Gasteiger partial charge in [0.05, 0.1) is 5.39 Å². The molecule has 3 amide bonds. The molecule has 124 valence electrons. The van der Waals surface area contributed by atoms with Gasteiger partial charge in [0.15, 0.2) is 5.69 Å². The Morgan fingerprint density at radius 1 is 1.08 bits per heavy atom. The van der Waals surface area contributed by atoms with E-state index in [0.717, 1.165) is 17.5 Å². The molecule has 0 spiro atoms. The molecule has 1 fully saturated rings. The molecule has 1 aliphatic carbocycles. The van der Waals surface area contributed by atoms with E-state index in [4.69, 9.17) is 0 Å². The summed E-state index contributed by atoms with van der Waals surface area (Å²) in [6, 6.07) is 6.54. The number of fused-ring (bicyclic) bond motifs is 1. The molecule has 3 N–H and O–H groups in total. The largest absolute Gasteiger partial charge is 0.345 e. The third kappa shape index (κ3) is 3.09. The second-order valence-electron chi connectivity index (χ2n) is 5.48. The molecule has 0 unspecified atom stereocenters. The van der Waals surface area contributed by atoms with Crippen LogP contribution < -0.4 is 21.7 Å². The van der Waals surface area contributed by atoms with Gasteiger partial charge in [0, 0.05) is 18.5 Å². The average molecular weight is 329 g/mol. The van der Waals surface area contributed by atoms with Gasteiger partial charge in [-0.25, -0.2) is 4.68 Å². The van der Waals surface area contributed by atoms with Gasteiger partial charge < -0.3 is 5.32 Å². The molecule has 0 atom stereocenters.